The van der Waals surface area contributed by atoms with Crippen molar-refractivity contribution in [3.63, 3.8) is 0 Å². The fourth-order valence-corrected chi connectivity index (χ4v) is 6.14. The molecule has 1 saturated carbocycles. The lowest BCUT2D eigenvalue weighted by molar-refractivity contribution is 0.0878. The highest BCUT2D eigenvalue weighted by Gasteiger charge is 2.29. The molecule has 0 radical (unpaired) electrons. The van der Waals surface area contributed by atoms with E-state index in [0.29, 0.717) is 11.3 Å². The third-order valence-corrected chi connectivity index (χ3v) is 8.73. The fourth-order valence-electron chi connectivity index (χ4n) is 6.14. The Hall–Kier alpha value is -2.95. The van der Waals surface area contributed by atoms with E-state index in [9.17, 15) is 4.79 Å². The molecule has 1 aromatic heterocycles. The second-order valence-electron chi connectivity index (χ2n) is 11.9. The van der Waals surface area contributed by atoms with Gasteiger partial charge in [-0.1, -0.05) is 32.6 Å². The van der Waals surface area contributed by atoms with E-state index in [1.165, 1.54) is 69.2 Å². The first-order chi connectivity index (χ1) is 17.8. The molecule has 3 aliphatic rings. The summed E-state index contributed by atoms with van der Waals surface area (Å²) in [7, 11) is 2.22. The molecular weight excluding hydrogens is 460 g/mol. The minimum absolute atomic E-state index is 0.169. The van der Waals surface area contributed by atoms with Gasteiger partial charge in [0.2, 0.25) is 5.82 Å². The predicted octanol–water partition coefficient (Wildman–Crippen LogP) is 6.08. The van der Waals surface area contributed by atoms with Crippen LogP contribution in [0.3, 0.4) is 0 Å². The zero-order valence-electron chi connectivity index (χ0n) is 22.5. The summed E-state index contributed by atoms with van der Waals surface area (Å²) in [4.78, 5) is 28.3. The number of allylic oxidation sites excluding steroid dienone is 2. The molecule has 0 atom stereocenters. The largest absolute Gasteiger partial charge is 0.363 e. The van der Waals surface area contributed by atoms with Crippen molar-refractivity contribution >= 4 is 23.0 Å². The molecule has 5 rings (SSSR count). The van der Waals surface area contributed by atoms with Crippen LogP contribution in [0, 0.1) is 12.0 Å². The van der Waals surface area contributed by atoms with E-state index in [4.69, 9.17) is 6.57 Å². The number of nitrogens with zero attached hydrogens (tertiary/aromatic N) is 4. The van der Waals surface area contributed by atoms with Crippen molar-refractivity contribution in [2.24, 2.45) is 5.41 Å². The summed E-state index contributed by atoms with van der Waals surface area (Å²) >= 11 is 0. The minimum atomic E-state index is -0.312. The fraction of sp³-hybridized carbons (Fsp3) is 0.567. The number of piperazine rings is 1. The van der Waals surface area contributed by atoms with Crippen LogP contribution < -0.4 is 5.32 Å². The second kappa shape index (κ2) is 10.8. The summed E-state index contributed by atoms with van der Waals surface area (Å²) in [6, 6.07) is 7.35. The average Bonchev–Trinajstić information content (AvgIpc) is 3.39. The molecule has 0 bridgehead atoms. The number of benzene rings is 1. The standard InChI is InChI=1S/C30H40N6O/c1-30(2)13-11-22(12-14-30)25-19-23(7-10-26(25)33-29(37)28-32-20-27(31-3)34-28)21-5-8-24(9-6-21)36-17-15-35(4)16-18-36/h7,10-11,19-21,24H,5-6,8-9,12-18H2,1-2,4H3,(H,32,34)(H,33,37). The average molecular weight is 501 g/mol. The number of carbonyl (C=O) groups excluding carboxylic acids is 1. The Morgan fingerprint density at radius 1 is 1.16 bits per heavy atom. The van der Waals surface area contributed by atoms with Gasteiger partial charge in [-0.25, -0.2) is 4.98 Å². The first-order valence-corrected chi connectivity index (χ1v) is 13.8. The van der Waals surface area contributed by atoms with Gasteiger partial charge in [0.15, 0.2) is 0 Å². The van der Waals surface area contributed by atoms with Crippen molar-refractivity contribution < 1.29 is 4.79 Å². The topological polar surface area (TPSA) is 68.6 Å². The smallest absolute Gasteiger partial charge is 0.314 e. The van der Waals surface area contributed by atoms with E-state index in [-0.39, 0.29) is 17.5 Å². The number of anilines is 1. The number of aromatic amines is 1. The number of carbonyl (C=O) groups is 1. The van der Waals surface area contributed by atoms with Crippen LogP contribution in [0.15, 0.2) is 30.5 Å². The zero-order chi connectivity index (χ0) is 26.0. The van der Waals surface area contributed by atoms with Crippen molar-refractivity contribution in [1.29, 1.82) is 0 Å². The number of amides is 1. The molecule has 1 aromatic carbocycles. The Kier molecular flexibility index (Phi) is 7.50. The number of imidazole rings is 1. The van der Waals surface area contributed by atoms with E-state index in [1.54, 1.807) is 0 Å². The van der Waals surface area contributed by atoms with E-state index >= 15 is 0 Å². The van der Waals surface area contributed by atoms with Gasteiger partial charge in [0.05, 0.1) is 6.20 Å². The van der Waals surface area contributed by atoms with Gasteiger partial charge >= 0.3 is 5.91 Å². The number of hydrogen-bond acceptors (Lipinski definition) is 4. The lowest BCUT2D eigenvalue weighted by Gasteiger charge is -2.41. The quantitative estimate of drug-likeness (QED) is 0.488. The maximum atomic E-state index is 12.9. The Balaban J connectivity index is 1.34. The van der Waals surface area contributed by atoms with Crippen LogP contribution in [-0.2, 0) is 0 Å². The highest BCUT2D eigenvalue weighted by molar-refractivity contribution is 6.03. The summed E-state index contributed by atoms with van der Waals surface area (Å²) in [6.45, 7) is 16.5. The van der Waals surface area contributed by atoms with Gasteiger partial charge in [0.25, 0.3) is 5.82 Å². The van der Waals surface area contributed by atoms with Crippen LogP contribution in [0.2, 0.25) is 0 Å². The molecular formula is C30H40N6O. The number of nitrogens with one attached hydrogen (secondary N) is 2. The van der Waals surface area contributed by atoms with Crippen LogP contribution in [-0.4, -0.2) is 64.9 Å². The second-order valence-corrected chi connectivity index (χ2v) is 11.9. The summed E-state index contributed by atoms with van der Waals surface area (Å²) < 4.78 is 0. The van der Waals surface area contributed by atoms with Gasteiger partial charge in [-0.3, -0.25) is 14.7 Å². The monoisotopic (exact) mass is 500 g/mol. The zero-order valence-corrected chi connectivity index (χ0v) is 22.5. The molecule has 1 saturated heterocycles. The van der Waals surface area contributed by atoms with Gasteiger partial charge in [-0.15, -0.1) is 0 Å². The first kappa shape index (κ1) is 25.7. The molecule has 196 valence electrons. The van der Waals surface area contributed by atoms with Crippen LogP contribution in [0.5, 0.6) is 0 Å². The number of aromatic nitrogens is 2. The van der Waals surface area contributed by atoms with Crippen LogP contribution in [0.4, 0.5) is 11.5 Å². The molecule has 7 nitrogen and oxygen atoms in total. The summed E-state index contributed by atoms with van der Waals surface area (Å²) in [5.74, 6) is 0.694. The molecule has 0 unspecified atom stereocenters. The third-order valence-electron chi connectivity index (χ3n) is 8.73. The van der Waals surface area contributed by atoms with Crippen molar-refractivity contribution in [1.82, 2.24) is 19.8 Å². The normalized spacial score (nSPS) is 24.8. The number of likely N-dealkylation sites (N-methyl/N-ethyl adjacent to an activating group) is 1. The van der Waals surface area contributed by atoms with Gasteiger partial charge < -0.3 is 15.1 Å². The Labute approximate surface area is 221 Å². The first-order valence-electron chi connectivity index (χ1n) is 13.8. The lowest BCUT2D eigenvalue weighted by Crippen LogP contribution is -2.49. The van der Waals surface area contributed by atoms with Crippen molar-refractivity contribution in [2.75, 3.05) is 38.5 Å². The highest BCUT2D eigenvalue weighted by Crippen LogP contribution is 2.42. The number of rotatable bonds is 5. The van der Waals surface area contributed by atoms with Gasteiger partial charge in [0.1, 0.15) is 0 Å². The summed E-state index contributed by atoms with van der Waals surface area (Å²) in [5.41, 5.74) is 5.00. The molecule has 1 amide bonds. The molecule has 2 aromatic rings. The van der Waals surface area contributed by atoms with Crippen molar-refractivity contribution in [3.05, 3.63) is 58.8 Å². The van der Waals surface area contributed by atoms with E-state index in [2.05, 4.69) is 75.1 Å². The van der Waals surface area contributed by atoms with Gasteiger partial charge in [-0.05, 0) is 86.6 Å². The molecule has 2 heterocycles. The molecule has 0 spiro atoms. The van der Waals surface area contributed by atoms with Crippen LogP contribution >= 0.6 is 0 Å². The Morgan fingerprint density at radius 2 is 1.92 bits per heavy atom. The number of hydrogen-bond donors (Lipinski definition) is 2. The third kappa shape index (κ3) is 5.97. The molecule has 1 aliphatic heterocycles. The molecule has 2 aliphatic carbocycles. The minimum Gasteiger partial charge on any atom is -0.363 e. The summed E-state index contributed by atoms with van der Waals surface area (Å²) in [6.07, 6.45) is 11.9. The van der Waals surface area contributed by atoms with Crippen LogP contribution in [0.1, 0.15) is 86.5 Å². The molecule has 7 heteroatoms. The summed E-state index contributed by atoms with van der Waals surface area (Å²) in [5, 5.41) is 3.08. The van der Waals surface area contributed by atoms with Crippen molar-refractivity contribution in [2.45, 2.75) is 70.8 Å². The Morgan fingerprint density at radius 3 is 2.57 bits per heavy atom. The van der Waals surface area contributed by atoms with Crippen LogP contribution in [0.25, 0.3) is 10.4 Å². The van der Waals surface area contributed by atoms with Gasteiger partial charge in [-0.2, -0.15) is 0 Å². The Bertz CT molecular complexity index is 1190. The maximum Gasteiger partial charge on any atom is 0.314 e. The molecule has 2 N–H and O–H groups in total. The SMILES string of the molecule is [C-]#[N+]c1cnc(C(=O)Nc2ccc(C3CCC(N4CCN(C)CC4)CC3)cc2C2=CCC(C)(C)CC2)[nH]1. The molecule has 2 fully saturated rings. The van der Waals surface area contributed by atoms with E-state index in [0.717, 1.165) is 36.6 Å². The highest BCUT2D eigenvalue weighted by atomic mass is 16.2. The van der Waals surface area contributed by atoms with Crippen molar-refractivity contribution in [3.8, 4) is 0 Å². The maximum absolute atomic E-state index is 12.9. The van der Waals surface area contributed by atoms with E-state index in [1.807, 2.05) is 0 Å². The predicted molar refractivity (Wildman–Crippen MR) is 149 cm³/mol. The van der Waals surface area contributed by atoms with E-state index < -0.39 is 0 Å². The number of H-pyrrole nitrogens is 1. The molecule has 37 heavy (non-hydrogen) atoms. The van der Waals surface area contributed by atoms with Gasteiger partial charge in [0, 0.05) is 43.5 Å². The lowest BCUT2D eigenvalue weighted by atomic mass is 9.76.